The van der Waals surface area contributed by atoms with Crippen LogP contribution in [0.5, 0.6) is 11.5 Å². The summed E-state index contributed by atoms with van der Waals surface area (Å²) in [5.41, 5.74) is 0.461. The molecule has 142 valence electrons. The van der Waals surface area contributed by atoms with E-state index in [2.05, 4.69) is 0 Å². The zero-order valence-corrected chi connectivity index (χ0v) is 16.1. The number of piperazine rings is 1. The Balaban J connectivity index is 1.65. The molecule has 1 aromatic carbocycles. The lowest BCUT2D eigenvalue weighted by molar-refractivity contribution is -0.136. The monoisotopic (exact) mass is 380 g/mol. The molecule has 2 amide bonds. The van der Waals surface area contributed by atoms with Gasteiger partial charge in [0.25, 0.3) is 5.91 Å². The van der Waals surface area contributed by atoms with Crippen molar-refractivity contribution >= 4 is 23.4 Å². The van der Waals surface area contributed by atoms with Crippen molar-refractivity contribution in [3.8, 4) is 11.5 Å². The molecular weight excluding hydrogens is 356 g/mol. The van der Waals surface area contributed by atoms with Gasteiger partial charge in [-0.3, -0.25) is 9.59 Å². The van der Waals surface area contributed by atoms with Crippen LogP contribution < -0.4 is 9.47 Å². The molecule has 26 heavy (non-hydrogen) atoms. The molecule has 0 bridgehead atoms. The second-order valence-electron chi connectivity index (χ2n) is 6.79. The van der Waals surface area contributed by atoms with Crippen LogP contribution in [0.25, 0.3) is 0 Å². The number of carbonyl (C=O) groups excluding carboxylic acids is 2. The molecule has 0 unspecified atom stereocenters. The van der Waals surface area contributed by atoms with Crippen LogP contribution in [0.2, 0.25) is 5.02 Å². The Morgan fingerprint density at radius 1 is 1.00 bits per heavy atom. The quantitative estimate of drug-likeness (QED) is 0.805. The average molecular weight is 381 g/mol. The van der Waals surface area contributed by atoms with Crippen LogP contribution in [-0.4, -0.2) is 62.0 Å². The fourth-order valence-electron chi connectivity index (χ4n) is 3.78. The van der Waals surface area contributed by atoms with E-state index in [1.54, 1.807) is 17.0 Å². The summed E-state index contributed by atoms with van der Waals surface area (Å²) in [4.78, 5) is 29.0. The van der Waals surface area contributed by atoms with Gasteiger partial charge >= 0.3 is 0 Å². The molecule has 2 fully saturated rings. The van der Waals surface area contributed by atoms with E-state index in [1.165, 1.54) is 14.2 Å². The third-order valence-electron chi connectivity index (χ3n) is 5.26. The van der Waals surface area contributed by atoms with Gasteiger partial charge in [-0.05, 0) is 25.0 Å². The highest BCUT2D eigenvalue weighted by Crippen LogP contribution is 2.36. The lowest BCUT2D eigenvalue weighted by Gasteiger charge is -2.36. The first-order valence-corrected chi connectivity index (χ1v) is 9.42. The van der Waals surface area contributed by atoms with E-state index in [9.17, 15) is 9.59 Å². The van der Waals surface area contributed by atoms with Crippen molar-refractivity contribution in [2.75, 3.05) is 40.4 Å². The van der Waals surface area contributed by atoms with Crippen LogP contribution in [-0.2, 0) is 4.79 Å². The molecule has 0 spiro atoms. The maximum atomic E-state index is 12.8. The van der Waals surface area contributed by atoms with Gasteiger partial charge in [0.2, 0.25) is 5.91 Å². The van der Waals surface area contributed by atoms with Crippen molar-refractivity contribution in [3.05, 3.63) is 22.7 Å². The average Bonchev–Trinajstić information content (AvgIpc) is 3.21. The lowest BCUT2D eigenvalue weighted by atomic mass is 10.1. The Labute approximate surface area is 159 Å². The van der Waals surface area contributed by atoms with Crippen molar-refractivity contribution in [3.63, 3.8) is 0 Å². The molecule has 1 aliphatic heterocycles. The van der Waals surface area contributed by atoms with Crippen LogP contribution in [0.3, 0.4) is 0 Å². The van der Waals surface area contributed by atoms with Crippen molar-refractivity contribution < 1.29 is 19.1 Å². The van der Waals surface area contributed by atoms with Gasteiger partial charge in [-0.25, -0.2) is 0 Å². The number of methoxy groups -OCH3 is 2. The van der Waals surface area contributed by atoms with Crippen LogP contribution in [0.4, 0.5) is 0 Å². The van der Waals surface area contributed by atoms with Crippen molar-refractivity contribution in [1.82, 2.24) is 9.80 Å². The zero-order valence-electron chi connectivity index (χ0n) is 15.3. The normalized spacial score (nSPS) is 18.1. The number of amides is 2. The first kappa shape index (κ1) is 18.8. The second kappa shape index (κ2) is 8.16. The van der Waals surface area contributed by atoms with Gasteiger partial charge in [-0.15, -0.1) is 0 Å². The van der Waals surface area contributed by atoms with E-state index in [0.29, 0.717) is 48.3 Å². The predicted octanol–water partition coefficient (Wildman–Crippen LogP) is 2.83. The van der Waals surface area contributed by atoms with Gasteiger partial charge in [-0.2, -0.15) is 0 Å². The minimum absolute atomic E-state index is 0.110. The Morgan fingerprint density at radius 3 is 2.19 bits per heavy atom. The molecule has 1 saturated heterocycles. The Kier molecular flexibility index (Phi) is 5.91. The topological polar surface area (TPSA) is 59.1 Å². The van der Waals surface area contributed by atoms with Crippen LogP contribution in [0.15, 0.2) is 12.1 Å². The highest BCUT2D eigenvalue weighted by atomic mass is 35.5. The molecule has 0 radical (unpaired) electrons. The molecular formula is C19H25ClN2O4. The maximum absolute atomic E-state index is 12.8. The number of benzene rings is 1. The Hall–Kier alpha value is -1.95. The molecule has 3 rings (SSSR count). The maximum Gasteiger partial charge on any atom is 0.254 e. The summed E-state index contributed by atoms with van der Waals surface area (Å²) in [6.45, 7) is 2.23. The molecule has 1 saturated carbocycles. The van der Waals surface area contributed by atoms with E-state index >= 15 is 0 Å². The number of nitrogens with zero attached hydrogens (tertiary/aromatic N) is 2. The number of rotatable bonds is 4. The molecule has 1 aromatic rings. The van der Waals surface area contributed by atoms with Gasteiger partial charge in [-0.1, -0.05) is 24.4 Å². The van der Waals surface area contributed by atoms with Crippen LogP contribution in [0.1, 0.15) is 36.0 Å². The molecule has 0 N–H and O–H groups in total. The first-order chi connectivity index (χ1) is 12.5. The zero-order chi connectivity index (χ0) is 18.7. The summed E-state index contributed by atoms with van der Waals surface area (Å²) in [6.07, 6.45) is 4.30. The molecule has 0 atom stereocenters. The summed E-state index contributed by atoms with van der Waals surface area (Å²) >= 11 is 6.21. The summed E-state index contributed by atoms with van der Waals surface area (Å²) in [7, 11) is 3.02. The highest BCUT2D eigenvalue weighted by Gasteiger charge is 2.31. The smallest absolute Gasteiger partial charge is 0.254 e. The Morgan fingerprint density at radius 2 is 1.62 bits per heavy atom. The third-order valence-corrected chi connectivity index (χ3v) is 5.54. The lowest BCUT2D eigenvalue weighted by Crippen LogP contribution is -2.51. The van der Waals surface area contributed by atoms with Gasteiger partial charge < -0.3 is 19.3 Å². The molecule has 2 aliphatic rings. The number of halogens is 1. The highest BCUT2D eigenvalue weighted by molar-refractivity contribution is 6.32. The third kappa shape index (κ3) is 3.75. The summed E-state index contributed by atoms with van der Waals surface area (Å²) < 4.78 is 10.5. The van der Waals surface area contributed by atoms with E-state index in [4.69, 9.17) is 21.1 Å². The SMILES string of the molecule is COc1cc(C(=O)N2CCN(C(=O)C3CCCC3)CC2)cc(Cl)c1OC. The van der Waals surface area contributed by atoms with Crippen LogP contribution >= 0.6 is 11.6 Å². The molecule has 7 heteroatoms. The summed E-state index contributed by atoms with van der Waals surface area (Å²) in [5, 5.41) is 0.338. The Bertz CT molecular complexity index is 680. The summed E-state index contributed by atoms with van der Waals surface area (Å²) in [6, 6.07) is 3.24. The first-order valence-electron chi connectivity index (χ1n) is 9.04. The fraction of sp³-hybridized carbons (Fsp3) is 0.579. The van der Waals surface area contributed by atoms with E-state index in [1.807, 2.05) is 4.90 Å². The minimum Gasteiger partial charge on any atom is -0.493 e. The molecule has 0 aromatic heterocycles. The van der Waals surface area contributed by atoms with E-state index in [0.717, 1.165) is 25.7 Å². The predicted molar refractivity (Wildman–Crippen MR) is 99.0 cm³/mol. The summed E-state index contributed by atoms with van der Waals surface area (Å²) in [5.74, 6) is 1.17. The molecule has 6 nitrogen and oxygen atoms in total. The van der Waals surface area contributed by atoms with Crippen molar-refractivity contribution in [2.24, 2.45) is 5.92 Å². The standard InChI is InChI=1S/C19H25ClN2O4/c1-25-16-12-14(11-15(20)17(16)26-2)19(24)22-9-7-21(8-10-22)18(23)13-5-3-4-6-13/h11-13H,3-10H2,1-2H3. The minimum atomic E-state index is -0.110. The molecule has 1 heterocycles. The fourth-order valence-corrected chi connectivity index (χ4v) is 4.07. The van der Waals surface area contributed by atoms with E-state index in [-0.39, 0.29) is 17.7 Å². The number of hydrogen-bond acceptors (Lipinski definition) is 4. The second-order valence-corrected chi connectivity index (χ2v) is 7.20. The van der Waals surface area contributed by atoms with Gasteiger partial charge in [0.15, 0.2) is 11.5 Å². The van der Waals surface area contributed by atoms with Gasteiger partial charge in [0, 0.05) is 37.7 Å². The number of hydrogen-bond donors (Lipinski definition) is 0. The van der Waals surface area contributed by atoms with Crippen LogP contribution in [0, 0.1) is 5.92 Å². The number of carbonyl (C=O) groups is 2. The van der Waals surface area contributed by atoms with Gasteiger partial charge in [0.1, 0.15) is 0 Å². The van der Waals surface area contributed by atoms with Gasteiger partial charge in [0.05, 0.1) is 19.2 Å². The largest absolute Gasteiger partial charge is 0.493 e. The van der Waals surface area contributed by atoms with Crippen molar-refractivity contribution in [1.29, 1.82) is 0 Å². The van der Waals surface area contributed by atoms with E-state index < -0.39 is 0 Å². The van der Waals surface area contributed by atoms with Crippen molar-refractivity contribution in [2.45, 2.75) is 25.7 Å². The number of ether oxygens (including phenoxy) is 2. The molecule has 1 aliphatic carbocycles.